The first-order valence-corrected chi connectivity index (χ1v) is 14.7. The number of aromatic nitrogens is 2. The Morgan fingerprint density at radius 2 is 1.61 bits per heavy atom. The van der Waals surface area contributed by atoms with Gasteiger partial charge in [0, 0.05) is 31.4 Å². The zero-order valence-electron chi connectivity index (χ0n) is 24.6. The van der Waals surface area contributed by atoms with Crippen LogP contribution in [0.5, 0.6) is 0 Å². The predicted molar refractivity (Wildman–Crippen MR) is 168 cm³/mol. The number of hydrogen-bond acceptors (Lipinski definition) is 5. The summed E-state index contributed by atoms with van der Waals surface area (Å²) >= 11 is 0. The summed E-state index contributed by atoms with van der Waals surface area (Å²) in [5.74, 6) is 1.45. The van der Waals surface area contributed by atoms with Crippen molar-refractivity contribution in [1.29, 1.82) is 0 Å². The van der Waals surface area contributed by atoms with Crippen LogP contribution >= 0.6 is 0 Å². The van der Waals surface area contributed by atoms with E-state index in [2.05, 4.69) is 125 Å². The minimum atomic E-state index is 0.323. The Bertz CT molecular complexity index is 1290. The van der Waals surface area contributed by atoms with E-state index >= 15 is 0 Å². The minimum Gasteiger partial charge on any atom is -0.370 e. The molecule has 1 aliphatic heterocycles. The van der Waals surface area contributed by atoms with Gasteiger partial charge in [-0.2, -0.15) is 0 Å². The molecule has 0 amide bonds. The van der Waals surface area contributed by atoms with E-state index in [4.69, 9.17) is 9.78 Å². The highest BCUT2D eigenvalue weighted by Gasteiger charge is 2.26. The second-order valence-electron chi connectivity index (χ2n) is 10.6. The number of rotatable bonds is 12. The second kappa shape index (κ2) is 15.7. The molecular formula is C35H43N5O. The van der Waals surface area contributed by atoms with Gasteiger partial charge >= 0.3 is 0 Å². The van der Waals surface area contributed by atoms with Gasteiger partial charge in [-0.15, -0.1) is 0 Å². The standard InChI is InChI=1S/C33H39N5.C2H4O/c1-3-31-32(36-25-35-31)23-37(24-33-34-19-21-38(33)22-27-16-14-26(2)15-17-27)20-18-30(28-10-6-4-7-11-28)29-12-8-5-9-13-29;1-2-3/h4-17,19,21,25,30-32H,3,18,20,22-24H2,1-2H3,(H,35,36);2H,1H3. The first kappa shape index (κ1) is 29.9. The van der Waals surface area contributed by atoms with Crippen LogP contribution < -0.4 is 5.32 Å². The maximum absolute atomic E-state index is 8.81. The minimum absolute atomic E-state index is 0.323. The number of benzene rings is 3. The number of aryl methyl sites for hydroxylation is 1. The van der Waals surface area contributed by atoms with Crippen LogP contribution in [0.2, 0.25) is 0 Å². The van der Waals surface area contributed by atoms with Crippen molar-refractivity contribution in [2.75, 3.05) is 13.1 Å². The van der Waals surface area contributed by atoms with E-state index in [0.29, 0.717) is 18.0 Å². The van der Waals surface area contributed by atoms with Crippen molar-refractivity contribution in [2.45, 2.75) is 64.7 Å². The number of imidazole rings is 1. The molecule has 0 bridgehead atoms. The Kier molecular flexibility index (Phi) is 11.4. The summed E-state index contributed by atoms with van der Waals surface area (Å²) < 4.78 is 2.29. The van der Waals surface area contributed by atoms with Gasteiger partial charge in [-0.3, -0.25) is 9.89 Å². The lowest BCUT2D eigenvalue weighted by Gasteiger charge is -2.29. The van der Waals surface area contributed by atoms with E-state index in [1.54, 1.807) is 0 Å². The molecule has 0 fully saturated rings. The smallest absolute Gasteiger partial charge is 0.123 e. The van der Waals surface area contributed by atoms with Gasteiger partial charge in [-0.05, 0) is 49.9 Å². The quantitative estimate of drug-likeness (QED) is 0.212. The van der Waals surface area contributed by atoms with Crippen molar-refractivity contribution in [3.05, 3.63) is 125 Å². The molecule has 5 rings (SSSR count). The Morgan fingerprint density at radius 3 is 2.22 bits per heavy atom. The summed E-state index contributed by atoms with van der Waals surface area (Å²) in [4.78, 5) is 20.8. The highest BCUT2D eigenvalue weighted by atomic mass is 16.1. The van der Waals surface area contributed by atoms with E-state index in [0.717, 1.165) is 51.1 Å². The molecule has 2 atom stereocenters. The topological polar surface area (TPSA) is 62.5 Å². The maximum atomic E-state index is 8.81. The third-order valence-corrected chi connectivity index (χ3v) is 7.67. The van der Waals surface area contributed by atoms with Crippen molar-refractivity contribution in [3.8, 4) is 0 Å². The molecule has 0 aliphatic carbocycles. The Labute approximate surface area is 245 Å². The number of carbonyl (C=O) groups is 1. The van der Waals surface area contributed by atoms with Crippen molar-refractivity contribution in [1.82, 2.24) is 19.8 Å². The molecule has 2 unspecified atom stereocenters. The van der Waals surface area contributed by atoms with Crippen LogP contribution in [-0.4, -0.2) is 52.2 Å². The van der Waals surface area contributed by atoms with Crippen LogP contribution in [0.3, 0.4) is 0 Å². The number of hydrogen-bond donors (Lipinski definition) is 1. The van der Waals surface area contributed by atoms with Crippen molar-refractivity contribution >= 4 is 12.6 Å². The molecule has 41 heavy (non-hydrogen) atoms. The lowest BCUT2D eigenvalue weighted by Crippen LogP contribution is -2.44. The number of nitrogens with one attached hydrogen (secondary N) is 1. The molecule has 2 heterocycles. The molecule has 0 radical (unpaired) electrons. The molecule has 1 N–H and O–H groups in total. The van der Waals surface area contributed by atoms with Gasteiger partial charge in [0.25, 0.3) is 0 Å². The van der Waals surface area contributed by atoms with Crippen LogP contribution in [0, 0.1) is 6.92 Å². The fourth-order valence-electron chi connectivity index (χ4n) is 5.46. The van der Waals surface area contributed by atoms with Crippen LogP contribution in [-0.2, 0) is 17.9 Å². The van der Waals surface area contributed by atoms with E-state index in [9.17, 15) is 0 Å². The number of carbonyl (C=O) groups excluding carboxylic acids is 1. The van der Waals surface area contributed by atoms with Crippen molar-refractivity contribution < 1.29 is 4.79 Å². The molecule has 1 aromatic heterocycles. The molecule has 1 aliphatic rings. The monoisotopic (exact) mass is 549 g/mol. The lowest BCUT2D eigenvalue weighted by atomic mass is 9.88. The van der Waals surface area contributed by atoms with Crippen molar-refractivity contribution in [2.24, 2.45) is 4.99 Å². The first-order chi connectivity index (χ1) is 20.1. The Balaban J connectivity index is 0.00000124. The van der Waals surface area contributed by atoms with Gasteiger partial charge in [0.05, 0.1) is 25.0 Å². The summed E-state index contributed by atoms with van der Waals surface area (Å²) in [5, 5.41) is 3.52. The third-order valence-electron chi connectivity index (χ3n) is 7.67. The van der Waals surface area contributed by atoms with Crippen molar-refractivity contribution in [3.63, 3.8) is 0 Å². The van der Waals surface area contributed by atoms with E-state index in [-0.39, 0.29) is 0 Å². The van der Waals surface area contributed by atoms with E-state index < -0.39 is 0 Å². The zero-order chi connectivity index (χ0) is 28.9. The van der Waals surface area contributed by atoms with Crippen LogP contribution in [0.1, 0.15) is 60.7 Å². The molecule has 0 spiro atoms. The molecule has 3 aromatic carbocycles. The molecule has 6 nitrogen and oxygen atoms in total. The van der Waals surface area contributed by atoms with Gasteiger partial charge < -0.3 is 14.7 Å². The van der Waals surface area contributed by atoms with Crippen LogP contribution in [0.15, 0.2) is 102 Å². The van der Waals surface area contributed by atoms with Gasteiger partial charge in [0.15, 0.2) is 0 Å². The number of nitrogens with zero attached hydrogens (tertiary/aromatic N) is 4. The van der Waals surface area contributed by atoms with Crippen LogP contribution in [0.4, 0.5) is 0 Å². The molecular weight excluding hydrogens is 506 g/mol. The summed E-state index contributed by atoms with van der Waals surface area (Å²) in [6.45, 7) is 9.35. The Hall–Kier alpha value is -4.03. The van der Waals surface area contributed by atoms with Gasteiger partial charge in [-0.1, -0.05) is 97.4 Å². The Morgan fingerprint density at radius 1 is 0.976 bits per heavy atom. The largest absolute Gasteiger partial charge is 0.370 e. The zero-order valence-corrected chi connectivity index (χ0v) is 24.6. The summed E-state index contributed by atoms with van der Waals surface area (Å²) in [5.41, 5.74) is 5.32. The average molecular weight is 550 g/mol. The summed E-state index contributed by atoms with van der Waals surface area (Å²) in [7, 11) is 0. The molecule has 4 aromatic rings. The number of aldehydes is 1. The second-order valence-corrected chi connectivity index (χ2v) is 10.6. The highest BCUT2D eigenvalue weighted by Crippen LogP contribution is 2.28. The normalized spacial score (nSPS) is 15.9. The van der Waals surface area contributed by atoms with Gasteiger partial charge in [0.1, 0.15) is 12.1 Å². The number of aliphatic imine (C=N–C) groups is 1. The average Bonchev–Trinajstić information content (AvgIpc) is 3.64. The van der Waals surface area contributed by atoms with Gasteiger partial charge in [0.2, 0.25) is 0 Å². The molecule has 6 heteroatoms. The maximum Gasteiger partial charge on any atom is 0.123 e. The van der Waals surface area contributed by atoms with Gasteiger partial charge in [-0.25, -0.2) is 4.98 Å². The third kappa shape index (κ3) is 8.73. The van der Waals surface area contributed by atoms with Crippen LogP contribution in [0.25, 0.3) is 0 Å². The molecule has 0 saturated carbocycles. The SMILES string of the molecule is CC=O.CCC1N=CNC1CN(CCC(c1ccccc1)c1ccccc1)Cc1nccn1Cc1ccc(C)cc1. The predicted octanol–water partition coefficient (Wildman–Crippen LogP) is 6.25. The fourth-order valence-corrected chi connectivity index (χ4v) is 5.46. The highest BCUT2D eigenvalue weighted by molar-refractivity contribution is 5.58. The van der Waals surface area contributed by atoms with E-state index in [1.165, 1.54) is 29.2 Å². The fraction of sp³-hybridized carbons (Fsp3) is 0.343. The summed E-state index contributed by atoms with van der Waals surface area (Å²) in [6.07, 6.45) is 8.77. The molecule has 214 valence electrons. The first-order valence-electron chi connectivity index (χ1n) is 14.7. The molecule has 0 saturated heterocycles. The summed E-state index contributed by atoms with van der Waals surface area (Å²) in [6, 6.07) is 31.3. The lowest BCUT2D eigenvalue weighted by molar-refractivity contribution is -0.106. The van der Waals surface area contributed by atoms with E-state index in [1.807, 2.05) is 12.5 Å².